The van der Waals surface area contributed by atoms with Crippen LogP contribution in [0.2, 0.25) is 0 Å². The lowest BCUT2D eigenvalue weighted by Gasteiger charge is -2.35. The molecule has 3 fully saturated rings. The van der Waals surface area contributed by atoms with Crippen LogP contribution in [0, 0.1) is 23.7 Å². The molecule has 0 radical (unpaired) electrons. The second-order valence-electron chi connectivity index (χ2n) is 6.92. The first-order chi connectivity index (χ1) is 7.04. The summed E-state index contributed by atoms with van der Waals surface area (Å²) in [5.41, 5.74) is 0.0588. The van der Waals surface area contributed by atoms with Crippen LogP contribution in [-0.2, 0) is 4.74 Å². The molecule has 3 aliphatic rings. The third kappa shape index (κ3) is 1.63. The summed E-state index contributed by atoms with van der Waals surface area (Å²) < 4.78 is 6.24. The first kappa shape index (κ1) is 10.1. The maximum absolute atomic E-state index is 6.24. The number of fused-ring (bicyclic) bond motifs is 5. The summed E-state index contributed by atoms with van der Waals surface area (Å²) in [7, 11) is 0. The number of ether oxygens (including phenoxy) is 1. The summed E-state index contributed by atoms with van der Waals surface area (Å²) in [6.07, 6.45) is 7.95. The second kappa shape index (κ2) is 3.23. The molecule has 0 aromatic rings. The van der Waals surface area contributed by atoms with Crippen molar-refractivity contribution in [2.45, 2.75) is 64.6 Å². The Morgan fingerprint density at radius 1 is 0.933 bits per heavy atom. The van der Waals surface area contributed by atoms with Gasteiger partial charge in [-0.05, 0) is 70.1 Å². The third-order valence-corrected chi connectivity index (χ3v) is 4.87. The predicted octanol–water partition coefficient (Wildman–Crippen LogP) is 3.63. The summed E-state index contributed by atoms with van der Waals surface area (Å²) in [5, 5.41) is 0. The molecule has 3 saturated carbocycles. The molecule has 0 saturated heterocycles. The first-order valence-corrected chi connectivity index (χ1v) is 6.72. The van der Waals surface area contributed by atoms with Gasteiger partial charge in [-0.15, -0.1) is 0 Å². The van der Waals surface area contributed by atoms with Crippen LogP contribution >= 0.6 is 0 Å². The molecule has 1 nitrogen and oxygen atoms in total. The van der Waals surface area contributed by atoms with Crippen molar-refractivity contribution in [1.82, 2.24) is 0 Å². The van der Waals surface area contributed by atoms with Gasteiger partial charge in [0, 0.05) is 0 Å². The van der Waals surface area contributed by atoms with Crippen LogP contribution in [0.3, 0.4) is 0 Å². The lowest BCUT2D eigenvalue weighted by Crippen LogP contribution is -2.36. The third-order valence-electron chi connectivity index (χ3n) is 4.87. The van der Waals surface area contributed by atoms with E-state index in [1.807, 2.05) is 0 Å². The van der Waals surface area contributed by atoms with Gasteiger partial charge in [0.05, 0.1) is 11.7 Å². The van der Waals surface area contributed by atoms with Gasteiger partial charge < -0.3 is 4.74 Å². The Morgan fingerprint density at radius 3 is 2.40 bits per heavy atom. The van der Waals surface area contributed by atoms with Crippen LogP contribution in [0.15, 0.2) is 0 Å². The maximum Gasteiger partial charge on any atom is 0.0616 e. The zero-order valence-corrected chi connectivity index (χ0v) is 10.3. The van der Waals surface area contributed by atoms with E-state index in [4.69, 9.17) is 4.74 Å². The summed E-state index contributed by atoms with van der Waals surface area (Å²) in [6.45, 7) is 6.60. The van der Waals surface area contributed by atoms with Crippen molar-refractivity contribution < 1.29 is 4.74 Å². The highest BCUT2D eigenvalue weighted by atomic mass is 16.5. The number of hydrogen-bond donors (Lipinski definition) is 0. The van der Waals surface area contributed by atoms with E-state index in [9.17, 15) is 0 Å². The van der Waals surface area contributed by atoms with Crippen molar-refractivity contribution >= 4 is 0 Å². The van der Waals surface area contributed by atoms with Crippen molar-refractivity contribution in [2.75, 3.05) is 0 Å². The lowest BCUT2D eigenvalue weighted by atomic mass is 9.80. The molecule has 0 aliphatic heterocycles. The Morgan fingerprint density at radius 2 is 1.67 bits per heavy atom. The molecule has 1 heteroatoms. The van der Waals surface area contributed by atoms with Crippen LogP contribution in [0.25, 0.3) is 0 Å². The van der Waals surface area contributed by atoms with E-state index >= 15 is 0 Å². The minimum absolute atomic E-state index is 0.0588. The highest BCUT2D eigenvalue weighted by Crippen LogP contribution is 2.59. The van der Waals surface area contributed by atoms with E-state index in [1.54, 1.807) is 0 Å². The fourth-order valence-electron chi connectivity index (χ4n) is 4.59. The van der Waals surface area contributed by atoms with Gasteiger partial charge in [-0.3, -0.25) is 0 Å². The summed E-state index contributed by atoms with van der Waals surface area (Å²) in [5.74, 6) is 4.07. The molecule has 3 aliphatic carbocycles. The Labute approximate surface area is 93.6 Å². The van der Waals surface area contributed by atoms with Gasteiger partial charge in [0.15, 0.2) is 0 Å². The van der Waals surface area contributed by atoms with Crippen LogP contribution in [-0.4, -0.2) is 11.7 Å². The molecule has 0 heterocycles. The monoisotopic (exact) mass is 208 g/mol. The molecular weight excluding hydrogens is 184 g/mol. The molecule has 0 amide bonds. The molecule has 0 aromatic heterocycles. The average molecular weight is 208 g/mol. The van der Waals surface area contributed by atoms with E-state index in [-0.39, 0.29) is 5.60 Å². The Kier molecular flexibility index (Phi) is 2.18. The van der Waals surface area contributed by atoms with E-state index < -0.39 is 0 Å². The van der Waals surface area contributed by atoms with E-state index in [2.05, 4.69) is 20.8 Å². The minimum atomic E-state index is 0.0588. The molecule has 0 aromatic carbocycles. The Hall–Kier alpha value is -0.0400. The Balaban J connectivity index is 1.71. The quantitative estimate of drug-likeness (QED) is 0.639. The topological polar surface area (TPSA) is 9.23 Å². The maximum atomic E-state index is 6.24. The van der Waals surface area contributed by atoms with Crippen LogP contribution in [0.4, 0.5) is 0 Å². The number of hydrogen-bond acceptors (Lipinski definition) is 1. The normalized spacial score (nSPS) is 48.6. The molecule has 0 N–H and O–H groups in total. The van der Waals surface area contributed by atoms with Crippen molar-refractivity contribution in [3.8, 4) is 0 Å². The molecule has 0 spiro atoms. The average Bonchev–Trinajstić information content (AvgIpc) is 2.66. The van der Waals surface area contributed by atoms with Gasteiger partial charge >= 0.3 is 0 Å². The summed E-state index contributed by atoms with van der Waals surface area (Å²) in [4.78, 5) is 0. The molecule has 3 rings (SSSR count). The molecule has 5 atom stereocenters. The fourth-order valence-corrected chi connectivity index (χ4v) is 4.59. The van der Waals surface area contributed by atoms with Crippen molar-refractivity contribution in [2.24, 2.45) is 23.7 Å². The molecule has 86 valence electrons. The predicted molar refractivity (Wildman–Crippen MR) is 61.7 cm³/mol. The highest BCUT2D eigenvalue weighted by molar-refractivity contribution is 5.04. The summed E-state index contributed by atoms with van der Waals surface area (Å²) in [6, 6.07) is 0. The van der Waals surface area contributed by atoms with Gasteiger partial charge in [-0.25, -0.2) is 0 Å². The van der Waals surface area contributed by atoms with E-state index in [0.29, 0.717) is 6.10 Å². The van der Waals surface area contributed by atoms with Crippen LogP contribution < -0.4 is 0 Å². The molecule has 15 heavy (non-hydrogen) atoms. The highest BCUT2D eigenvalue weighted by Gasteiger charge is 2.54. The van der Waals surface area contributed by atoms with Crippen molar-refractivity contribution in [3.05, 3.63) is 0 Å². The van der Waals surface area contributed by atoms with Gasteiger partial charge in [-0.1, -0.05) is 6.42 Å². The van der Waals surface area contributed by atoms with Crippen molar-refractivity contribution in [3.63, 3.8) is 0 Å². The standard InChI is InChI=1S/C14H24O/c1-14(2,3)15-13-8-9-7-12(13)11-6-4-5-10(9)11/h9-13H,4-8H2,1-3H3. The zero-order chi connectivity index (χ0) is 10.6. The van der Waals surface area contributed by atoms with Gasteiger partial charge in [0.1, 0.15) is 0 Å². The molecule has 5 unspecified atom stereocenters. The lowest BCUT2D eigenvalue weighted by molar-refractivity contribution is -0.0955. The number of rotatable bonds is 1. The smallest absolute Gasteiger partial charge is 0.0616 e. The van der Waals surface area contributed by atoms with Crippen molar-refractivity contribution in [1.29, 1.82) is 0 Å². The van der Waals surface area contributed by atoms with Gasteiger partial charge in [-0.2, -0.15) is 0 Å². The molecule has 2 bridgehead atoms. The van der Waals surface area contributed by atoms with E-state index in [0.717, 1.165) is 23.7 Å². The van der Waals surface area contributed by atoms with Gasteiger partial charge in [0.2, 0.25) is 0 Å². The largest absolute Gasteiger partial charge is 0.372 e. The SMILES string of the molecule is CC(C)(C)OC1CC2CC1C1CCCC21. The summed E-state index contributed by atoms with van der Waals surface area (Å²) >= 11 is 0. The second-order valence-corrected chi connectivity index (χ2v) is 6.92. The Bertz CT molecular complexity index is 253. The van der Waals surface area contributed by atoms with E-state index in [1.165, 1.54) is 32.1 Å². The molecular formula is C14H24O. The van der Waals surface area contributed by atoms with Crippen LogP contribution in [0.1, 0.15) is 52.9 Å². The fraction of sp³-hybridized carbons (Fsp3) is 1.00. The first-order valence-electron chi connectivity index (χ1n) is 6.72. The van der Waals surface area contributed by atoms with Gasteiger partial charge in [0.25, 0.3) is 0 Å². The minimum Gasteiger partial charge on any atom is -0.372 e. The van der Waals surface area contributed by atoms with Crippen LogP contribution in [0.5, 0.6) is 0 Å². The zero-order valence-electron chi connectivity index (χ0n) is 10.3.